The van der Waals surface area contributed by atoms with Gasteiger partial charge in [0.2, 0.25) is 11.8 Å². The van der Waals surface area contributed by atoms with E-state index in [1.807, 2.05) is 6.92 Å². The fourth-order valence-electron chi connectivity index (χ4n) is 2.67. The highest BCUT2D eigenvalue weighted by atomic mass is 16.5. The lowest BCUT2D eigenvalue weighted by atomic mass is 9.97. The summed E-state index contributed by atoms with van der Waals surface area (Å²) in [6.07, 6.45) is 1.93. The Labute approximate surface area is 113 Å². The lowest BCUT2D eigenvalue weighted by molar-refractivity contribution is -0.152. The number of nitrogens with one attached hydrogen (secondary N) is 2. The molecule has 0 aromatic rings. The topological polar surface area (TPSA) is 70.7 Å². The Balaban J connectivity index is 2.01. The lowest BCUT2D eigenvalue weighted by Gasteiger charge is -2.37. The van der Waals surface area contributed by atoms with Crippen LogP contribution in [0.4, 0.5) is 0 Å². The van der Waals surface area contributed by atoms with Crippen molar-refractivity contribution in [2.45, 2.75) is 25.8 Å². The third-order valence-electron chi connectivity index (χ3n) is 3.71. The predicted octanol–water partition coefficient (Wildman–Crippen LogP) is -0.650. The molecule has 2 atom stereocenters. The van der Waals surface area contributed by atoms with Crippen LogP contribution >= 0.6 is 0 Å². The third kappa shape index (κ3) is 3.45. The van der Waals surface area contributed by atoms with E-state index in [1.165, 1.54) is 0 Å². The maximum Gasteiger partial charge on any atom is 0.245 e. The average molecular weight is 269 g/mol. The summed E-state index contributed by atoms with van der Waals surface area (Å²) in [5.74, 6) is -0.0187. The Hall–Kier alpha value is -1.14. The van der Waals surface area contributed by atoms with Crippen LogP contribution in [0.3, 0.4) is 0 Å². The van der Waals surface area contributed by atoms with E-state index in [1.54, 1.807) is 4.90 Å². The van der Waals surface area contributed by atoms with E-state index >= 15 is 0 Å². The zero-order valence-corrected chi connectivity index (χ0v) is 11.5. The first-order valence-corrected chi connectivity index (χ1v) is 7.10. The van der Waals surface area contributed by atoms with E-state index in [9.17, 15) is 9.59 Å². The molecule has 6 heteroatoms. The van der Waals surface area contributed by atoms with E-state index in [0.29, 0.717) is 26.3 Å². The number of amides is 2. The van der Waals surface area contributed by atoms with Crippen molar-refractivity contribution in [1.82, 2.24) is 15.5 Å². The van der Waals surface area contributed by atoms with Gasteiger partial charge in [-0.1, -0.05) is 0 Å². The molecular formula is C13H23N3O3. The number of ether oxygens (including phenoxy) is 1. The van der Waals surface area contributed by atoms with Crippen molar-refractivity contribution in [3.63, 3.8) is 0 Å². The maximum atomic E-state index is 12.5. The first-order valence-electron chi connectivity index (χ1n) is 7.10. The Bertz CT molecular complexity index is 329. The highest BCUT2D eigenvalue weighted by molar-refractivity contribution is 5.89. The first kappa shape index (κ1) is 14.3. The molecule has 2 N–H and O–H groups in total. The van der Waals surface area contributed by atoms with Crippen LogP contribution in [0.25, 0.3) is 0 Å². The van der Waals surface area contributed by atoms with Crippen molar-refractivity contribution >= 4 is 11.8 Å². The van der Waals surface area contributed by atoms with Crippen LogP contribution in [0, 0.1) is 5.92 Å². The largest absolute Gasteiger partial charge is 0.377 e. The zero-order chi connectivity index (χ0) is 13.7. The second-order valence-corrected chi connectivity index (χ2v) is 5.06. The molecule has 0 spiro atoms. The SMILES string of the molecule is CCNC(=O)C1COCCN1C(=O)C1CCCNC1. The number of rotatable bonds is 3. The first-order chi connectivity index (χ1) is 9.24. The fourth-order valence-corrected chi connectivity index (χ4v) is 2.67. The summed E-state index contributed by atoms with van der Waals surface area (Å²) in [6.45, 7) is 5.47. The van der Waals surface area contributed by atoms with Crippen LogP contribution in [-0.2, 0) is 14.3 Å². The Kier molecular flexibility index (Phi) is 5.15. The van der Waals surface area contributed by atoms with Gasteiger partial charge in [-0.3, -0.25) is 9.59 Å². The Morgan fingerprint density at radius 1 is 1.47 bits per heavy atom. The number of carbonyl (C=O) groups is 2. The molecule has 0 aromatic heterocycles. The van der Waals surface area contributed by atoms with Crippen molar-refractivity contribution in [2.75, 3.05) is 39.4 Å². The van der Waals surface area contributed by atoms with Gasteiger partial charge in [-0.2, -0.15) is 0 Å². The van der Waals surface area contributed by atoms with Crippen LogP contribution in [0.1, 0.15) is 19.8 Å². The number of piperidine rings is 1. The van der Waals surface area contributed by atoms with E-state index in [-0.39, 0.29) is 17.7 Å². The molecule has 2 aliphatic heterocycles. The van der Waals surface area contributed by atoms with E-state index in [2.05, 4.69) is 10.6 Å². The van der Waals surface area contributed by atoms with Gasteiger partial charge in [-0.25, -0.2) is 0 Å². The van der Waals surface area contributed by atoms with Crippen LogP contribution in [0.5, 0.6) is 0 Å². The normalized spacial score (nSPS) is 27.9. The molecule has 108 valence electrons. The molecule has 0 radical (unpaired) electrons. The fraction of sp³-hybridized carbons (Fsp3) is 0.846. The second-order valence-electron chi connectivity index (χ2n) is 5.06. The summed E-state index contributed by atoms with van der Waals surface area (Å²) in [5, 5.41) is 6.02. The standard InChI is InChI=1S/C13H23N3O3/c1-2-15-12(17)11-9-19-7-6-16(11)13(18)10-4-3-5-14-8-10/h10-11,14H,2-9H2,1H3,(H,15,17). The van der Waals surface area contributed by atoms with Gasteiger partial charge in [0.15, 0.2) is 0 Å². The van der Waals surface area contributed by atoms with Crippen LogP contribution in [0.2, 0.25) is 0 Å². The van der Waals surface area contributed by atoms with Crippen LogP contribution in [0.15, 0.2) is 0 Å². The molecule has 2 heterocycles. The van der Waals surface area contributed by atoms with Gasteiger partial charge < -0.3 is 20.3 Å². The highest BCUT2D eigenvalue weighted by Gasteiger charge is 2.36. The highest BCUT2D eigenvalue weighted by Crippen LogP contribution is 2.17. The number of hydrogen-bond donors (Lipinski definition) is 2. The maximum absolute atomic E-state index is 12.5. The molecular weight excluding hydrogens is 246 g/mol. The monoisotopic (exact) mass is 269 g/mol. The second kappa shape index (κ2) is 6.86. The number of carbonyl (C=O) groups excluding carboxylic acids is 2. The minimum atomic E-state index is -0.469. The van der Waals surface area contributed by atoms with Crippen molar-refractivity contribution in [2.24, 2.45) is 5.92 Å². The lowest BCUT2D eigenvalue weighted by Crippen LogP contribution is -2.58. The van der Waals surface area contributed by atoms with Crippen LogP contribution in [-0.4, -0.2) is 62.1 Å². The van der Waals surface area contributed by atoms with Gasteiger partial charge >= 0.3 is 0 Å². The number of nitrogens with zero attached hydrogens (tertiary/aromatic N) is 1. The van der Waals surface area contributed by atoms with E-state index in [0.717, 1.165) is 25.9 Å². The molecule has 19 heavy (non-hydrogen) atoms. The van der Waals surface area contributed by atoms with Crippen LogP contribution < -0.4 is 10.6 Å². The molecule has 2 rings (SSSR count). The molecule has 2 amide bonds. The molecule has 2 saturated heterocycles. The molecule has 2 unspecified atom stereocenters. The summed E-state index contributed by atoms with van der Waals surface area (Å²) in [5.41, 5.74) is 0. The van der Waals surface area contributed by atoms with Gasteiger partial charge in [0.1, 0.15) is 6.04 Å². The minimum Gasteiger partial charge on any atom is -0.377 e. The van der Waals surface area contributed by atoms with Crippen molar-refractivity contribution in [3.05, 3.63) is 0 Å². The molecule has 0 saturated carbocycles. The van der Waals surface area contributed by atoms with E-state index in [4.69, 9.17) is 4.74 Å². The van der Waals surface area contributed by atoms with E-state index < -0.39 is 6.04 Å². The smallest absolute Gasteiger partial charge is 0.245 e. The summed E-state index contributed by atoms with van der Waals surface area (Å²) in [7, 11) is 0. The third-order valence-corrected chi connectivity index (χ3v) is 3.71. The zero-order valence-electron chi connectivity index (χ0n) is 11.5. The summed E-state index contributed by atoms with van der Waals surface area (Å²) < 4.78 is 5.35. The quantitative estimate of drug-likeness (QED) is 0.714. The van der Waals surface area contributed by atoms with Gasteiger partial charge in [0.25, 0.3) is 0 Å². The number of morpholine rings is 1. The van der Waals surface area contributed by atoms with Gasteiger partial charge in [-0.05, 0) is 26.3 Å². The molecule has 6 nitrogen and oxygen atoms in total. The minimum absolute atomic E-state index is 0.00350. The van der Waals surface area contributed by atoms with Gasteiger partial charge in [0, 0.05) is 19.6 Å². The molecule has 0 aromatic carbocycles. The molecule has 0 bridgehead atoms. The van der Waals surface area contributed by atoms with Crippen molar-refractivity contribution < 1.29 is 14.3 Å². The van der Waals surface area contributed by atoms with Gasteiger partial charge in [-0.15, -0.1) is 0 Å². The number of hydrogen-bond acceptors (Lipinski definition) is 4. The average Bonchev–Trinajstić information content (AvgIpc) is 2.47. The molecule has 2 aliphatic rings. The molecule has 0 aliphatic carbocycles. The van der Waals surface area contributed by atoms with Crippen molar-refractivity contribution in [3.8, 4) is 0 Å². The molecule has 2 fully saturated rings. The Morgan fingerprint density at radius 2 is 2.32 bits per heavy atom. The Morgan fingerprint density at radius 3 is 3.00 bits per heavy atom. The number of likely N-dealkylation sites (N-methyl/N-ethyl adjacent to an activating group) is 1. The van der Waals surface area contributed by atoms with Crippen molar-refractivity contribution in [1.29, 1.82) is 0 Å². The summed E-state index contributed by atoms with van der Waals surface area (Å²) in [4.78, 5) is 26.2. The summed E-state index contributed by atoms with van der Waals surface area (Å²) in [6, 6.07) is -0.469. The van der Waals surface area contributed by atoms with Gasteiger partial charge in [0.05, 0.1) is 19.1 Å². The summed E-state index contributed by atoms with van der Waals surface area (Å²) >= 11 is 0. The predicted molar refractivity (Wildman–Crippen MR) is 70.6 cm³/mol.